The van der Waals surface area contributed by atoms with E-state index in [-0.39, 0.29) is 0 Å². The normalized spacial score (nSPS) is 11.4. The highest BCUT2D eigenvalue weighted by atomic mass is 32.1. The van der Waals surface area contributed by atoms with Crippen LogP contribution in [0.1, 0.15) is 16.3 Å². The number of rotatable bonds is 3. The van der Waals surface area contributed by atoms with Crippen molar-refractivity contribution in [2.75, 3.05) is 0 Å². The molecule has 4 rings (SSSR count). The Kier molecular flexibility index (Phi) is 3.00. The first-order valence-corrected chi connectivity index (χ1v) is 7.78. The first kappa shape index (κ1) is 13.1. The van der Waals surface area contributed by atoms with Gasteiger partial charge >= 0.3 is 0 Å². The zero-order chi connectivity index (χ0) is 15.1. The molecule has 0 fully saturated rings. The van der Waals surface area contributed by atoms with E-state index in [4.69, 9.17) is 0 Å². The van der Waals surface area contributed by atoms with E-state index in [2.05, 4.69) is 32.5 Å². The Morgan fingerprint density at radius 1 is 1.14 bits per heavy atom. The van der Waals surface area contributed by atoms with E-state index in [0.717, 1.165) is 33.5 Å². The summed E-state index contributed by atoms with van der Waals surface area (Å²) in [4.78, 5) is 0.809. The SMILES string of the molecule is Cc1c(-c2nnc3sc(Cc4ccccc4)nn23)cnn1C. The highest BCUT2D eigenvalue weighted by Crippen LogP contribution is 2.24. The Labute approximate surface area is 131 Å². The lowest BCUT2D eigenvalue weighted by Crippen LogP contribution is -1.96. The first-order chi connectivity index (χ1) is 10.7. The van der Waals surface area contributed by atoms with Crippen LogP contribution < -0.4 is 0 Å². The summed E-state index contributed by atoms with van der Waals surface area (Å²) in [6, 6.07) is 10.3. The number of benzene rings is 1. The molecule has 0 atom stereocenters. The summed E-state index contributed by atoms with van der Waals surface area (Å²) in [7, 11) is 1.92. The fourth-order valence-electron chi connectivity index (χ4n) is 2.38. The topological polar surface area (TPSA) is 60.9 Å². The van der Waals surface area contributed by atoms with Crippen LogP contribution in [-0.4, -0.2) is 29.6 Å². The predicted octanol–water partition coefficient (Wildman–Crippen LogP) is 2.49. The number of aromatic nitrogens is 6. The third-order valence-corrected chi connectivity index (χ3v) is 4.61. The molecule has 22 heavy (non-hydrogen) atoms. The van der Waals surface area contributed by atoms with Crippen LogP contribution in [0.15, 0.2) is 36.5 Å². The van der Waals surface area contributed by atoms with E-state index in [1.54, 1.807) is 11.3 Å². The molecule has 0 bridgehead atoms. The van der Waals surface area contributed by atoms with Gasteiger partial charge in [-0.05, 0) is 12.5 Å². The second kappa shape index (κ2) is 5.03. The first-order valence-electron chi connectivity index (χ1n) is 6.96. The molecule has 0 aliphatic heterocycles. The molecule has 0 spiro atoms. The molecular weight excluding hydrogens is 296 g/mol. The van der Waals surface area contributed by atoms with Crippen molar-refractivity contribution in [3.8, 4) is 11.4 Å². The lowest BCUT2D eigenvalue weighted by molar-refractivity contribution is 0.740. The van der Waals surface area contributed by atoms with Gasteiger partial charge in [-0.25, -0.2) is 0 Å². The third kappa shape index (κ3) is 2.10. The third-order valence-electron chi connectivity index (χ3n) is 3.71. The van der Waals surface area contributed by atoms with E-state index >= 15 is 0 Å². The minimum absolute atomic E-state index is 0.746. The summed E-state index contributed by atoms with van der Waals surface area (Å²) in [6.45, 7) is 2.01. The van der Waals surface area contributed by atoms with E-state index in [1.165, 1.54) is 5.56 Å². The van der Waals surface area contributed by atoms with Crippen molar-refractivity contribution >= 4 is 16.3 Å². The van der Waals surface area contributed by atoms with Gasteiger partial charge in [0.1, 0.15) is 5.01 Å². The van der Waals surface area contributed by atoms with Crippen LogP contribution >= 0.6 is 11.3 Å². The molecule has 0 radical (unpaired) electrons. The lowest BCUT2D eigenvalue weighted by atomic mass is 10.2. The summed E-state index contributed by atoms with van der Waals surface area (Å²) < 4.78 is 3.64. The summed E-state index contributed by atoms with van der Waals surface area (Å²) >= 11 is 1.57. The second-order valence-corrected chi connectivity index (χ2v) is 6.18. The van der Waals surface area contributed by atoms with Crippen molar-refractivity contribution in [3.63, 3.8) is 0 Å². The van der Waals surface area contributed by atoms with E-state index in [1.807, 2.05) is 47.6 Å². The Hall–Kier alpha value is -2.54. The minimum Gasteiger partial charge on any atom is -0.272 e. The van der Waals surface area contributed by atoms with E-state index < -0.39 is 0 Å². The summed E-state index contributed by atoms with van der Waals surface area (Å²) in [5.74, 6) is 0.746. The van der Waals surface area contributed by atoms with E-state index in [0.29, 0.717) is 0 Å². The van der Waals surface area contributed by atoms with E-state index in [9.17, 15) is 0 Å². The van der Waals surface area contributed by atoms with Crippen molar-refractivity contribution in [3.05, 3.63) is 52.8 Å². The highest BCUT2D eigenvalue weighted by molar-refractivity contribution is 7.16. The molecule has 0 unspecified atom stereocenters. The average Bonchev–Trinajstić information content (AvgIpc) is 3.17. The van der Waals surface area contributed by atoms with Gasteiger partial charge in [0.05, 0.1) is 11.8 Å². The molecule has 0 saturated heterocycles. The van der Waals surface area contributed by atoms with Crippen molar-refractivity contribution in [1.29, 1.82) is 0 Å². The van der Waals surface area contributed by atoms with Gasteiger partial charge in [0.15, 0.2) is 5.82 Å². The molecule has 0 aliphatic carbocycles. The Morgan fingerprint density at radius 3 is 2.68 bits per heavy atom. The Balaban J connectivity index is 1.75. The van der Waals surface area contributed by atoms with Crippen LogP contribution in [0.5, 0.6) is 0 Å². The largest absolute Gasteiger partial charge is 0.272 e. The molecule has 0 aliphatic rings. The van der Waals surface area contributed by atoms with Crippen LogP contribution in [0, 0.1) is 6.92 Å². The molecule has 0 amide bonds. The lowest BCUT2D eigenvalue weighted by Gasteiger charge is -1.97. The minimum atomic E-state index is 0.746. The number of fused-ring (bicyclic) bond motifs is 1. The van der Waals surface area contributed by atoms with Crippen LogP contribution in [-0.2, 0) is 13.5 Å². The molecular formula is C15H14N6S. The van der Waals surface area contributed by atoms with Gasteiger partial charge in [-0.1, -0.05) is 41.7 Å². The van der Waals surface area contributed by atoms with Gasteiger partial charge in [-0.3, -0.25) is 4.68 Å². The van der Waals surface area contributed by atoms with Crippen LogP contribution in [0.2, 0.25) is 0 Å². The van der Waals surface area contributed by atoms with Gasteiger partial charge in [0, 0.05) is 19.2 Å². The molecule has 3 aromatic heterocycles. The summed E-state index contributed by atoms with van der Waals surface area (Å²) in [5.41, 5.74) is 3.25. The molecule has 6 nitrogen and oxygen atoms in total. The van der Waals surface area contributed by atoms with Crippen LogP contribution in [0.4, 0.5) is 0 Å². The molecule has 3 heterocycles. The zero-order valence-corrected chi connectivity index (χ0v) is 13.1. The molecule has 0 saturated carbocycles. The maximum absolute atomic E-state index is 4.67. The second-order valence-electron chi connectivity index (χ2n) is 5.14. The number of hydrogen-bond donors (Lipinski definition) is 0. The highest BCUT2D eigenvalue weighted by Gasteiger charge is 2.17. The predicted molar refractivity (Wildman–Crippen MR) is 84.8 cm³/mol. The Morgan fingerprint density at radius 2 is 1.95 bits per heavy atom. The number of hydrogen-bond acceptors (Lipinski definition) is 5. The average molecular weight is 310 g/mol. The molecule has 4 aromatic rings. The van der Waals surface area contributed by atoms with Crippen molar-refractivity contribution in [2.45, 2.75) is 13.3 Å². The smallest absolute Gasteiger partial charge is 0.234 e. The number of aryl methyl sites for hydroxylation is 1. The number of nitrogens with zero attached hydrogens (tertiary/aromatic N) is 6. The quantitative estimate of drug-likeness (QED) is 0.583. The summed E-state index contributed by atoms with van der Waals surface area (Å²) in [5, 5.41) is 18.5. The van der Waals surface area contributed by atoms with Crippen molar-refractivity contribution in [2.24, 2.45) is 7.05 Å². The van der Waals surface area contributed by atoms with Gasteiger partial charge in [-0.15, -0.1) is 10.2 Å². The maximum Gasteiger partial charge on any atom is 0.234 e. The van der Waals surface area contributed by atoms with Crippen LogP contribution in [0.25, 0.3) is 16.3 Å². The monoisotopic (exact) mass is 310 g/mol. The van der Waals surface area contributed by atoms with Crippen molar-refractivity contribution in [1.82, 2.24) is 29.6 Å². The van der Waals surface area contributed by atoms with Gasteiger partial charge in [0.2, 0.25) is 4.96 Å². The van der Waals surface area contributed by atoms with Gasteiger partial charge in [0.25, 0.3) is 0 Å². The summed E-state index contributed by atoms with van der Waals surface area (Å²) in [6.07, 6.45) is 2.61. The van der Waals surface area contributed by atoms with Crippen molar-refractivity contribution < 1.29 is 0 Å². The van der Waals surface area contributed by atoms with Gasteiger partial charge in [-0.2, -0.15) is 14.7 Å². The maximum atomic E-state index is 4.67. The van der Waals surface area contributed by atoms with Crippen LogP contribution in [0.3, 0.4) is 0 Å². The fraction of sp³-hybridized carbons (Fsp3) is 0.200. The molecule has 7 heteroatoms. The molecule has 1 aromatic carbocycles. The van der Waals surface area contributed by atoms with Gasteiger partial charge < -0.3 is 0 Å². The Bertz CT molecular complexity index is 934. The zero-order valence-electron chi connectivity index (χ0n) is 12.3. The molecule has 110 valence electrons. The standard InChI is InChI=1S/C15H14N6S/c1-10-12(9-16-20(10)2)14-17-18-15-21(14)19-13(22-15)8-11-6-4-3-5-7-11/h3-7,9H,8H2,1-2H3. The fourth-order valence-corrected chi connectivity index (χ4v) is 3.25. The molecule has 0 N–H and O–H groups in total.